The van der Waals surface area contributed by atoms with Gasteiger partial charge in [0.15, 0.2) is 23.0 Å². The number of anilines is 1. The fraction of sp³-hybridized carbons (Fsp3) is 0.333. The van der Waals surface area contributed by atoms with Crippen molar-refractivity contribution in [1.29, 1.82) is 0 Å². The van der Waals surface area contributed by atoms with Gasteiger partial charge in [-0.3, -0.25) is 0 Å². The molecule has 0 bridgehead atoms. The fourth-order valence-corrected chi connectivity index (χ4v) is 4.80. The van der Waals surface area contributed by atoms with Gasteiger partial charge >= 0.3 is 6.18 Å². The van der Waals surface area contributed by atoms with E-state index in [0.717, 1.165) is 43.1 Å². The molecular weight excluding hydrogens is 523 g/mol. The highest BCUT2D eigenvalue weighted by Crippen LogP contribution is 2.45. The number of nitrogens with one attached hydrogen (secondary N) is 1. The molecule has 1 N–H and O–H groups in total. The average molecular weight is 548 g/mol. The SMILES string of the molecule is COc1ncnc(C2CC2)c1-c1nc(NCc2ccc(-c3nc(C(F)(F)F)cn3C3CC3)cc2)c2nccn2n1. The van der Waals surface area contributed by atoms with Crippen molar-refractivity contribution in [3.05, 3.63) is 66.1 Å². The summed E-state index contributed by atoms with van der Waals surface area (Å²) in [5.41, 5.74) is 2.76. The van der Waals surface area contributed by atoms with Gasteiger partial charge < -0.3 is 14.6 Å². The summed E-state index contributed by atoms with van der Waals surface area (Å²) in [6.45, 7) is 0.405. The van der Waals surface area contributed by atoms with Gasteiger partial charge in [-0.1, -0.05) is 24.3 Å². The van der Waals surface area contributed by atoms with E-state index in [4.69, 9.17) is 9.72 Å². The summed E-state index contributed by atoms with van der Waals surface area (Å²) >= 11 is 0. The molecule has 204 valence electrons. The second-order valence-electron chi connectivity index (χ2n) is 10.0. The van der Waals surface area contributed by atoms with E-state index in [2.05, 4.69) is 30.4 Å². The Labute approximate surface area is 226 Å². The molecule has 10 nitrogen and oxygen atoms in total. The number of rotatable bonds is 8. The van der Waals surface area contributed by atoms with Crippen molar-refractivity contribution >= 4 is 11.5 Å². The minimum absolute atomic E-state index is 0.0675. The lowest BCUT2D eigenvalue weighted by Gasteiger charge is -2.13. The summed E-state index contributed by atoms with van der Waals surface area (Å²) in [5.74, 6) is 2.02. The zero-order valence-electron chi connectivity index (χ0n) is 21.4. The van der Waals surface area contributed by atoms with Crippen LogP contribution in [-0.4, -0.2) is 46.2 Å². The van der Waals surface area contributed by atoms with Gasteiger partial charge in [-0.2, -0.15) is 13.2 Å². The third-order valence-electron chi connectivity index (χ3n) is 7.11. The maximum atomic E-state index is 13.3. The number of aromatic nitrogens is 8. The molecule has 2 saturated carbocycles. The smallest absolute Gasteiger partial charge is 0.434 e. The van der Waals surface area contributed by atoms with Crippen LogP contribution in [0.3, 0.4) is 0 Å². The second kappa shape index (κ2) is 9.28. The van der Waals surface area contributed by atoms with Crippen LogP contribution in [0.2, 0.25) is 0 Å². The zero-order valence-corrected chi connectivity index (χ0v) is 21.4. The molecule has 1 aromatic carbocycles. The van der Waals surface area contributed by atoms with Gasteiger partial charge in [-0.15, -0.1) is 5.10 Å². The first-order chi connectivity index (χ1) is 19.4. The molecule has 0 aliphatic heterocycles. The number of alkyl halides is 3. The van der Waals surface area contributed by atoms with Crippen LogP contribution in [-0.2, 0) is 12.7 Å². The summed E-state index contributed by atoms with van der Waals surface area (Å²) in [6, 6.07) is 7.39. The topological polar surface area (TPSA) is 108 Å². The van der Waals surface area contributed by atoms with E-state index in [1.165, 1.54) is 6.33 Å². The summed E-state index contributed by atoms with van der Waals surface area (Å²) in [5, 5.41) is 7.99. The molecular formula is C27H24F3N9O. The summed E-state index contributed by atoms with van der Waals surface area (Å²) < 4.78 is 48.8. The fourth-order valence-electron chi connectivity index (χ4n) is 4.80. The third kappa shape index (κ3) is 4.50. The van der Waals surface area contributed by atoms with Crippen LogP contribution in [0.1, 0.15) is 54.6 Å². The zero-order chi connectivity index (χ0) is 27.4. The molecule has 0 spiro atoms. The van der Waals surface area contributed by atoms with Crippen LogP contribution in [0.15, 0.2) is 49.2 Å². The molecule has 7 rings (SSSR count). The number of benzene rings is 1. The normalized spacial score (nSPS) is 15.5. The number of hydrogen-bond donors (Lipinski definition) is 1. The Hall–Kier alpha value is -4.55. The highest BCUT2D eigenvalue weighted by Gasteiger charge is 2.37. The Kier molecular flexibility index (Phi) is 5.68. The predicted molar refractivity (Wildman–Crippen MR) is 139 cm³/mol. The van der Waals surface area contributed by atoms with Crippen LogP contribution in [0.25, 0.3) is 28.4 Å². The number of imidazole rings is 2. The molecule has 4 aromatic heterocycles. The van der Waals surface area contributed by atoms with E-state index in [9.17, 15) is 13.2 Å². The van der Waals surface area contributed by atoms with E-state index in [1.807, 2.05) is 12.1 Å². The second-order valence-corrected chi connectivity index (χ2v) is 10.0. The molecule has 0 saturated heterocycles. The molecule has 0 unspecified atom stereocenters. The maximum Gasteiger partial charge on any atom is 0.434 e. The van der Waals surface area contributed by atoms with Gasteiger partial charge in [-0.25, -0.2) is 29.4 Å². The van der Waals surface area contributed by atoms with Crippen LogP contribution in [0.4, 0.5) is 19.0 Å². The number of methoxy groups -OCH3 is 1. The van der Waals surface area contributed by atoms with Crippen LogP contribution in [0, 0.1) is 0 Å². The lowest BCUT2D eigenvalue weighted by molar-refractivity contribution is -0.140. The van der Waals surface area contributed by atoms with E-state index >= 15 is 0 Å². The molecule has 0 atom stereocenters. The molecule has 0 amide bonds. The van der Waals surface area contributed by atoms with Crippen molar-refractivity contribution in [3.8, 4) is 28.7 Å². The lowest BCUT2D eigenvalue weighted by Crippen LogP contribution is -2.09. The number of fused-ring (bicyclic) bond motifs is 1. The van der Waals surface area contributed by atoms with Crippen molar-refractivity contribution < 1.29 is 17.9 Å². The van der Waals surface area contributed by atoms with Crippen LogP contribution in [0.5, 0.6) is 5.88 Å². The summed E-state index contributed by atoms with van der Waals surface area (Å²) in [7, 11) is 1.56. The molecule has 40 heavy (non-hydrogen) atoms. The van der Waals surface area contributed by atoms with Crippen molar-refractivity contribution in [2.45, 2.75) is 50.4 Å². The Bertz CT molecular complexity index is 1700. The highest BCUT2D eigenvalue weighted by molar-refractivity contribution is 5.71. The van der Waals surface area contributed by atoms with Crippen molar-refractivity contribution in [3.63, 3.8) is 0 Å². The molecule has 0 radical (unpaired) electrons. The van der Waals surface area contributed by atoms with Gasteiger partial charge in [0.2, 0.25) is 5.88 Å². The summed E-state index contributed by atoms with van der Waals surface area (Å²) in [6.07, 6.45) is 5.31. The quantitative estimate of drug-likeness (QED) is 0.279. The van der Waals surface area contributed by atoms with E-state index in [-0.39, 0.29) is 6.04 Å². The Morgan fingerprint density at radius 1 is 1.02 bits per heavy atom. The predicted octanol–water partition coefficient (Wildman–Crippen LogP) is 5.30. The third-order valence-corrected chi connectivity index (χ3v) is 7.11. The minimum atomic E-state index is -4.48. The van der Waals surface area contributed by atoms with Gasteiger partial charge in [0.25, 0.3) is 0 Å². The Balaban J connectivity index is 1.17. The molecule has 2 aliphatic carbocycles. The van der Waals surface area contributed by atoms with Crippen LogP contribution < -0.4 is 10.1 Å². The number of nitrogens with zero attached hydrogens (tertiary/aromatic N) is 8. The lowest BCUT2D eigenvalue weighted by atomic mass is 10.1. The molecule has 4 heterocycles. The maximum absolute atomic E-state index is 13.3. The largest absolute Gasteiger partial charge is 0.480 e. The summed E-state index contributed by atoms with van der Waals surface area (Å²) in [4.78, 5) is 21.9. The van der Waals surface area contributed by atoms with Crippen molar-refractivity contribution in [2.24, 2.45) is 0 Å². The van der Waals surface area contributed by atoms with Crippen molar-refractivity contribution in [1.82, 2.24) is 39.1 Å². The first kappa shape index (κ1) is 24.5. The van der Waals surface area contributed by atoms with Gasteiger partial charge in [-0.05, 0) is 31.2 Å². The molecule has 2 aliphatic rings. The number of ether oxygens (including phenoxy) is 1. The first-order valence-electron chi connectivity index (χ1n) is 13.0. The number of hydrogen-bond acceptors (Lipinski definition) is 8. The monoisotopic (exact) mass is 547 g/mol. The average Bonchev–Trinajstić information content (AvgIpc) is 3.89. The molecule has 2 fully saturated rings. The molecule has 13 heteroatoms. The standard InChI is InChI=1S/C27H24F3N9O/c1-40-26-20(21(16-6-7-16)33-14-34-26)22-36-23(25-31-10-11-39(25)37-22)32-12-15-2-4-17(5-3-15)24-35-19(27(28,29)30)13-38(24)18-8-9-18/h2-5,10-11,13-14,16,18H,6-9,12H2,1H3,(H,32,36,37). The first-order valence-corrected chi connectivity index (χ1v) is 13.0. The van der Waals surface area contributed by atoms with E-state index in [1.54, 1.807) is 40.7 Å². The van der Waals surface area contributed by atoms with E-state index in [0.29, 0.717) is 52.6 Å². The van der Waals surface area contributed by atoms with Gasteiger partial charge in [0, 0.05) is 42.7 Å². The Morgan fingerprint density at radius 3 is 2.52 bits per heavy atom. The van der Waals surface area contributed by atoms with E-state index < -0.39 is 11.9 Å². The highest BCUT2D eigenvalue weighted by atomic mass is 19.4. The minimum Gasteiger partial charge on any atom is -0.480 e. The molecule has 5 aromatic rings. The van der Waals surface area contributed by atoms with Gasteiger partial charge in [0.05, 0.1) is 12.8 Å². The Morgan fingerprint density at radius 2 is 1.82 bits per heavy atom. The number of halogens is 3. The van der Waals surface area contributed by atoms with Gasteiger partial charge in [0.1, 0.15) is 17.7 Å². The van der Waals surface area contributed by atoms with Crippen molar-refractivity contribution in [2.75, 3.05) is 12.4 Å². The van der Waals surface area contributed by atoms with Crippen LogP contribution >= 0.6 is 0 Å².